The molecule has 0 aromatic carbocycles. The second-order valence-electron chi connectivity index (χ2n) is 4.77. The van der Waals surface area contributed by atoms with Crippen molar-refractivity contribution in [1.29, 1.82) is 0 Å². The van der Waals surface area contributed by atoms with E-state index in [4.69, 9.17) is 4.74 Å². The van der Waals surface area contributed by atoms with Gasteiger partial charge in [-0.15, -0.1) is 0 Å². The summed E-state index contributed by atoms with van der Waals surface area (Å²) in [6, 6.07) is 0. The van der Waals surface area contributed by atoms with Crippen LogP contribution in [0.2, 0.25) is 0 Å². The Balaban J connectivity index is 2.39. The fraction of sp³-hybridized carbons (Fsp3) is 0.923. The molecule has 0 amide bonds. The molecule has 1 heterocycles. The molecule has 1 aliphatic heterocycles. The highest BCUT2D eigenvalue weighted by Crippen LogP contribution is 2.24. The lowest BCUT2D eigenvalue weighted by molar-refractivity contribution is 0.152. The van der Waals surface area contributed by atoms with Crippen LogP contribution in [0.1, 0.15) is 20.8 Å². The first-order valence-corrected chi connectivity index (χ1v) is 7.88. The fourth-order valence-electron chi connectivity index (χ4n) is 1.98. The van der Waals surface area contributed by atoms with Crippen LogP contribution in [0.5, 0.6) is 0 Å². The number of hydrogen-bond acceptors (Lipinski definition) is 3. The van der Waals surface area contributed by atoms with E-state index in [1.165, 1.54) is 5.75 Å². The molecule has 0 radical (unpaired) electrons. The Bertz CT molecular complexity index is 259. The molecule has 1 rings (SSSR count). The lowest BCUT2D eigenvalue weighted by atomic mass is 10.1. The summed E-state index contributed by atoms with van der Waals surface area (Å²) in [4.78, 5) is 6.74. The van der Waals surface area contributed by atoms with E-state index < -0.39 is 0 Å². The van der Waals surface area contributed by atoms with Gasteiger partial charge in [0, 0.05) is 44.3 Å². The third-order valence-electron chi connectivity index (χ3n) is 3.08. The van der Waals surface area contributed by atoms with Crippen molar-refractivity contribution in [1.82, 2.24) is 10.2 Å². The van der Waals surface area contributed by atoms with Gasteiger partial charge in [-0.3, -0.25) is 4.99 Å². The molecule has 1 atom stereocenters. The van der Waals surface area contributed by atoms with Crippen LogP contribution in [0.3, 0.4) is 0 Å². The van der Waals surface area contributed by atoms with Crippen LogP contribution in [0.4, 0.5) is 0 Å². The van der Waals surface area contributed by atoms with Gasteiger partial charge in [0.05, 0.1) is 6.61 Å². The van der Waals surface area contributed by atoms with Crippen molar-refractivity contribution in [2.24, 2.45) is 10.9 Å². The number of rotatable bonds is 5. The summed E-state index contributed by atoms with van der Waals surface area (Å²) in [6.07, 6.45) is 0. The van der Waals surface area contributed by atoms with E-state index in [-0.39, 0.29) is 0 Å². The fourth-order valence-corrected chi connectivity index (χ4v) is 3.28. The van der Waals surface area contributed by atoms with Crippen LogP contribution in [-0.2, 0) is 4.74 Å². The third kappa shape index (κ3) is 5.06. The Morgan fingerprint density at radius 1 is 1.56 bits per heavy atom. The Kier molecular flexibility index (Phi) is 7.51. The zero-order valence-electron chi connectivity index (χ0n) is 12.1. The quantitative estimate of drug-likeness (QED) is 0.470. The maximum Gasteiger partial charge on any atom is 0.193 e. The molecule has 1 N–H and O–H groups in total. The molecule has 1 unspecified atom stereocenters. The molecule has 1 fully saturated rings. The summed E-state index contributed by atoms with van der Waals surface area (Å²) in [5.74, 6) is 2.93. The Labute approximate surface area is 116 Å². The van der Waals surface area contributed by atoms with Gasteiger partial charge in [0.1, 0.15) is 0 Å². The molecule has 1 saturated heterocycles. The largest absolute Gasteiger partial charge is 0.380 e. The highest BCUT2D eigenvalue weighted by Gasteiger charge is 2.24. The lowest BCUT2D eigenvalue weighted by Gasteiger charge is -2.36. The number of guanidine groups is 1. The van der Waals surface area contributed by atoms with E-state index in [2.05, 4.69) is 40.8 Å². The summed E-state index contributed by atoms with van der Waals surface area (Å²) in [5, 5.41) is 4.09. The van der Waals surface area contributed by atoms with E-state index in [0.29, 0.717) is 5.25 Å². The molecule has 5 heteroatoms. The van der Waals surface area contributed by atoms with Crippen molar-refractivity contribution in [3.63, 3.8) is 0 Å². The van der Waals surface area contributed by atoms with Crippen molar-refractivity contribution in [3.05, 3.63) is 0 Å². The minimum absolute atomic E-state index is 0.712. The van der Waals surface area contributed by atoms with Crippen molar-refractivity contribution >= 4 is 17.7 Å². The number of nitrogens with zero attached hydrogens (tertiary/aromatic N) is 2. The topological polar surface area (TPSA) is 36.9 Å². The average molecular weight is 273 g/mol. The van der Waals surface area contributed by atoms with Gasteiger partial charge in [0.2, 0.25) is 0 Å². The molecule has 0 aromatic rings. The van der Waals surface area contributed by atoms with Gasteiger partial charge in [-0.05, 0) is 12.8 Å². The van der Waals surface area contributed by atoms with Gasteiger partial charge in [-0.2, -0.15) is 11.8 Å². The van der Waals surface area contributed by atoms with Crippen LogP contribution in [-0.4, -0.2) is 61.8 Å². The SMILES string of the molecule is CCOCCNC(=NC)N1CCSC(C(C)C)C1. The van der Waals surface area contributed by atoms with Gasteiger partial charge in [0.25, 0.3) is 0 Å². The van der Waals surface area contributed by atoms with Crippen LogP contribution in [0.25, 0.3) is 0 Å². The normalized spacial score (nSPS) is 21.5. The maximum absolute atomic E-state index is 5.33. The minimum atomic E-state index is 0.712. The first kappa shape index (κ1) is 15.6. The first-order valence-electron chi connectivity index (χ1n) is 6.84. The number of aliphatic imine (C=N–C) groups is 1. The number of ether oxygens (including phenoxy) is 1. The molecule has 106 valence electrons. The Morgan fingerprint density at radius 2 is 2.33 bits per heavy atom. The van der Waals surface area contributed by atoms with E-state index in [1.54, 1.807) is 0 Å². The third-order valence-corrected chi connectivity index (χ3v) is 4.62. The van der Waals surface area contributed by atoms with E-state index in [0.717, 1.165) is 44.7 Å². The van der Waals surface area contributed by atoms with Gasteiger partial charge in [-0.25, -0.2) is 0 Å². The van der Waals surface area contributed by atoms with Crippen LogP contribution < -0.4 is 5.32 Å². The molecular formula is C13H27N3OS. The highest BCUT2D eigenvalue weighted by atomic mass is 32.2. The van der Waals surface area contributed by atoms with Crippen molar-refractivity contribution in [3.8, 4) is 0 Å². The second kappa shape index (κ2) is 8.64. The summed E-state index contributed by atoms with van der Waals surface area (Å²) >= 11 is 2.09. The molecule has 18 heavy (non-hydrogen) atoms. The number of thioether (sulfide) groups is 1. The molecule has 0 bridgehead atoms. The van der Waals surface area contributed by atoms with Gasteiger partial charge >= 0.3 is 0 Å². The predicted molar refractivity (Wildman–Crippen MR) is 80.5 cm³/mol. The molecule has 1 aliphatic rings. The maximum atomic E-state index is 5.33. The zero-order chi connectivity index (χ0) is 13.4. The Hall–Kier alpha value is -0.420. The Morgan fingerprint density at radius 3 is 2.94 bits per heavy atom. The monoisotopic (exact) mass is 273 g/mol. The first-order chi connectivity index (χ1) is 8.69. The van der Waals surface area contributed by atoms with Crippen LogP contribution in [0, 0.1) is 5.92 Å². The summed E-state index contributed by atoms with van der Waals surface area (Å²) in [5.41, 5.74) is 0. The van der Waals surface area contributed by atoms with Crippen LogP contribution >= 0.6 is 11.8 Å². The molecule has 0 saturated carbocycles. The van der Waals surface area contributed by atoms with E-state index in [9.17, 15) is 0 Å². The average Bonchev–Trinajstić information content (AvgIpc) is 2.39. The molecule has 0 aliphatic carbocycles. The van der Waals surface area contributed by atoms with Crippen LogP contribution in [0.15, 0.2) is 4.99 Å². The summed E-state index contributed by atoms with van der Waals surface area (Å²) in [6.45, 7) is 11.1. The van der Waals surface area contributed by atoms with Gasteiger partial charge < -0.3 is 15.0 Å². The molecule has 0 spiro atoms. The van der Waals surface area contributed by atoms with E-state index in [1.807, 2.05) is 14.0 Å². The number of nitrogens with one attached hydrogen (secondary N) is 1. The molecule has 4 nitrogen and oxygen atoms in total. The van der Waals surface area contributed by atoms with Gasteiger partial charge in [0.15, 0.2) is 5.96 Å². The minimum Gasteiger partial charge on any atom is -0.380 e. The van der Waals surface area contributed by atoms with Crippen molar-refractivity contribution < 1.29 is 4.74 Å². The molecule has 0 aromatic heterocycles. The second-order valence-corrected chi connectivity index (χ2v) is 6.12. The summed E-state index contributed by atoms with van der Waals surface area (Å²) in [7, 11) is 1.86. The molecular weight excluding hydrogens is 246 g/mol. The van der Waals surface area contributed by atoms with Gasteiger partial charge in [-0.1, -0.05) is 13.8 Å². The lowest BCUT2D eigenvalue weighted by Crippen LogP contribution is -2.49. The van der Waals surface area contributed by atoms with Crippen molar-refractivity contribution in [2.45, 2.75) is 26.0 Å². The smallest absolute Gasteiger partial charge is 0.193 e. The van der Waals surface area contributed by atoms with Crippen molar-refractivity contribution in [2.75, 3.05) is 45.6 Å². The predicted octanol–water partition coefficient (Wildman–Crippen LogP) is 1.67. The number of hydrogen-bond donors (Lipinski definition) is 1. The standard InChI is InChI=1S/C13H27N3OS/c1-5-17-8-6-15-13(14-4)16-7-9-18-12(10-16)11(2)3/h11-12H,5-10H2,1-4H3,(H,14,15). The van der Waals surface area contributed by atoms with E-state index >= 15 is 0 Å². The zero-order valence-corrected chi connectivity index (χ0v) is 12.9. The highest BCUT2D eigenvalue weighted by molar-refractivity contribution is 8.00. The summed E-state index contributed by atoms with van der Waals surface area (Å²) < 4.78 is 5.33.